The summed E-state index contributed by atoms with van der Waals surface area (Å²) in [5.41, 5.74) is -1.49. The normalized spacial score (nSPS) is 20.9. The van der Waals surface area contributed by atoms with Gasteiger partial charge in [0.15, 0.2) is 11.9 Å². The van der Waals surface area contributed by atoms with Gasteiger partial charge in [-0.05, 0) is 37.5 Å². The molecule has 128 valence electrons. The topological polar surface area (TPSA) is 107 Å². The largest absolute Gasteiger partial charge is 0.505 e. The number of carbonyl (C=O) groups is 1. The fourth-order valence-electron chi connectivity index (χ4n) is 2.46. The first-order valence-electron chi connectivity index (χ1n) is 7.82. The van der Waals surface area contributed by atoms with Crippen LogP contribution in [0.1, 0.15) is 53.4 Å². The summed E-state index contributed by atoms with van der Waals surface area (Å²) in [7, 11) is 0. The number of carbonyl (C=O) groups excluding carboxylic acids is 1. The van der Waals surface area contributed by atoms with Gasteiger partial charge in [-0.1, -0.05) is 27.7 Å². The molecule has 0 spiro atoms. The summed E-state index contributed by atoms with van der Waals surface area (Å²) in [4.78, 5) is 11.3. The molecule has 1 aliphatic heterocycles. The van der Waals surface area contributed by atoms with Crippen LogP contribution < -0.4 is 0 Å². The van der Waals surface area contributed by atoms with Crippen LogP contribution in [0.2, 0.25) is 0 Å². The molecule has 2 atom stereocenters. The van der Waals surface area contributed by atoms with Gasteiger partial charge >= 0.3 is 5.97 Å². The number of esters is 1. The molecule has 0 radical (unpaired) electrons. The number of rotatable bonds is 8. The Hall–Kier alpha value is -1.27. The molecular weight excluding hydrogens is 288 g/mol. The van der Waals surface area contributed by atoms with Crippen molar-refractivity contribution >= 4 is 5.97 Å². The van der Waals surface area contributed by atoms with Crippen LogP contribution in [0, 0.1) is 11.8 Å². The highest BCUT2D eigenvalue weighted by molar-refractivity contribution is 5.89. The van der Waals surface area contributed by atoms with Gasteiger partial charge in [0.05, 0.1) is 5.60 Å². The number of aliphatic hydroxyl groups excluding tert-OH is 3. The average molecular weight is 316 g/mol. The monoisotopic (exact) mass is 316 g/mol. The third-order valence-corrected chi connectivity index (χ3v) is 4.09. The van der Waals surface area contributed by atoms with E-state index in [1.165, 1.54) is 0 Å². The summed E-state index contributed by atoms with van der Waals surface area (Å²) in [6, 6.07) is 0. The van der Waals surface area contributed by atoms with Crippen molar-refractivity contribution in [1.82, 2.24) is 0 Å². The minimum atomic E-state index is -1.49. The van der Waals surface area contributed by atoms with Crippen LogP contribution in [0.5, 0.6) is 0 Å². The molecule has 4 N–H and O–H groups in total. The van der Waals surface area contributed by atoms with Gasteiger partial charge in [0.1, 0.15) is 6.10 Å². The number of hydrogen-bond donors (Lipinski definition) is 4. The molecule has 0 amide bonds. The van der Waals surface area contributed by atoms with E-state index in [9.17, 15) is 25.2 Å². The second kappa shape index (κ2) is 7.33. The quantitative estimate of drug-likeness (QED) is 0.511. The predicted molar refractivity (Wildman–Crippen MR) is 81.3 cm³/mol. The Kier molecular flexibility index (Phi) is 6.26. The highest BCUT2D eigenvalue weighted by Gasteiger charge is 2.48. The van der Waals surface area contributed by atoms with Crippen LogP contribution in [0.25, 0.3) is 0 Å². The average Bonchev–Trinajstić information content (AvgIpc) is 2.69. The maximum Gasteiger partial charge on any atom is 0.377 e. The Morgan fingerprint density at radius 3 is 1.86 bits per heavy atom. The van der Waals surface area contributed by atoms with Crippen molar-refractivity contribution in [2.75, 3.05) is 0 Å². The molecule has 6 heteroatoms. The molecule has 0 unspecified atom stereocenters. The van der Waals surface area contributed by atoms with E-state index in [1.54, 1.807) is 0 Å². The Balaban J connectivity index is 2.92. The number of cyclic esters (lactones) is 1. The van der Waals surface area contributed by atoms with Crippen LogP contribution in [-0.2, 0) is 9.53 Å². The molecule has 0 bridgehead atoms. The summed E-state index contributed by atoms with van der Waals surface area (Å²) < 4.78 is 4.78. The van der Waals surface area contributed by atoms with Gasteiger partial charge in [-0.15, -0.1) is 0 Å². The van der Waals surface area contributed by atoms with Crippen molar-refractivity contribution in [3.63, 3.8) is 0 Å². The van der Waals surface area contributed by atoms with Gasteiger partial charge in [-0.3, -0.25) is 0 Å². The lowest BCUT2D eigenvalue weighted by Gasteiger charge is -2.36. The zero-order valence-corrected chi connectivity index (χ0v) is 13.7. The number of hydrogen-bond acceptors (Lipinski definition) is 6. The van der Waals surface area contributed by atoms with E-state index in [2.05, 4.69) is 0 Å². The molecule has 0 saturated carbocycles. The molecule has 0 aromatic heterocycles. The molecule has 0 aromatic carbocycles. The molecule has 0 fully saturated rings. The van der Waals surface area contributed by atoms with Crippen LogP contribution >= 0.6 is 0 Å². The lowest BCUT2D eigenvalue weighted by Crippen LogP contribution is -2.50. The first-order chi connectivity index (χ1) is 10.1. The smallest absolute Gasteiger partial charge is 0.377 e. The van der Waals surface area contributed by atoms with E-state index in [4.69, 9.17) is 4.74 Å². The second-order valence-electron chi connectivity index (χ2n) is 6.97. The van der Waals surface area contributed by atoms with Gasteiger partial charge in [0.25, 0.3) is 0 Å². The third-order valence-electron chi connectivity index (χ3n) is 4.09. The van der Waals surface area contributed by atoms with E-state index < -0.39 is 35.3 Å². The van der Waals surface area contributed by atoms with E-state index in [0.717, 1.165) is 0 Å². The summed E-state index contributed by atoms with van der Waals surface area (Å²) in [6.07, 6.45) is -0.900. The molecule has 0 saturated heterocycles. The van der Waals surface area contributed by atoms with Crippen LogP contribution in [0.4, 0.5) is 0 Å². The Bertz CT molecular complexity index is 414. The Morgan fingerprint density at radius 1 is 1.09 bits per heavy atom. The zero-order valence-electron chi connectivity index (χ0n) is 13.7. The summed E-state index contributed by atoms with van der Waals surface area (Å²) in [5.74, 6) is -2.04. The van der Waals surface area contributed by atoms with Gasteiger partial charge in [-0.2, -0.15) is 0 Å². The molecule has 1 rings (SSSR count). The lowest BCUT2D eigenvalue weighted by molar-refractivity contribution is -0.163. The lowest BCUT2D eigenvalue weighted by atomic mass is 9.80. The van der Waals surface area contributed by atoms with E-state index in [1.807, 2.05) is 27.7 Å². The van der Waals surface area contributed by atoms with Crippen LogP contribution in [0.3, 0.4) is 0 Å². The molecule has 1 aliphatic rings. The molecule has 0 aliphatic carbocycles. The van der Waals surface area contributed by atoms with Crippen LogP contribution in [-0.4, -0.2) is 44.2 Å². The first kappa shape index (κ1) is 18.8. The van der Waals surface area contributed by atoms with Crippen molar-refractivity contribution in [2.45, 2.75) is 71.2 Å². The van der Waals surface area contributed by atoms with Gasteiger partial charge in [0, 0.05) is 0 Å². The minimum Gasteiger partial charge on any atom is -0.505 e. The summed E-state index contributed by atoms with van der Waals surface area (Å²) in [5, 5.41) is 40.4. The molecule has 0 aromatic rings. The Morgan fingerprint density at radius 2 is 1.55 bits per heavy atom. The number of aliphatic hydroxyl groups is 4. The zero-order chi connectivity index (χ0) is 17.1. The standard InChI is InChI=1S/C16H28O6/c1-9(2)5-7-16(21,8-6-10(3)4)14(19)13-11(17)12(18)15(20)22-13/h9-10,13-14,17-19,21H,5-8H2,1-4H3/t13-,14+/m0/s1. The van der Waals surface area contributed by atoms with Crippen LogP contribution in [0.15, 0.2) is 11.5 Å². The van der Waals surface area contributed by atoms with Crippen molar-refractivity contribution in [2.24, 2.45) is 11.8 Å². The first-order valence-corrected chi connectivity index (χ1v) is 7.82. The summed E-state index contributed by atoms with van der Waals surface area (Å²) in [6.45, 7) is 8.03. The maximum atomic E-state index is 11.3. The van der Waals surface area contributed by atoms with Crippen molar-refractivity contribution in [1.29, 1.82) is 0 Å². The van der Waals surface area contributed by atoms with E-state index in [-0.39, 0.29) is 0 Å². The highest BCUT2D eigenvalue weighted by Crippen LogP contribution is 2.34. The predicted octanol–water partition coefficient (Wildman–Crippen LogP) is 2.20. The van der Waals surface area contributed by atoms with Gasteiger partial charge < -0.3 is 25.2 Å². The third kappa shape index (κ3) is 4.36. The molecule has 22 heavy (non-hydrogen) atoms. The van der Waals surface area contributed by atoms with Crippen molar-refractivity contribution in [3.05, 3.63) is 11.5 Å². The number of ether oxygens (including phenoxy) is 1. The summed E-state index contributed by atoms with van der Waals surface area (Å²) >= 11 is 0. The van der Waals surface area contributed by atoms with Gasteiger partial charge in [0.2, 0.25) is 5.76 Å². The Labute approximate surface area is 131 Å². The fourth-order valence-corrected chi connectivity index (χ4v) is 2.46. The second-order valence-corrected chi connectivity index (χ2v) is 6.97. The van der Waals surface area contributed by atoms with E-state index >= 15 is 0 Å². The fraction of sp³-hybridized carbons (Fsp3) is 0.812. The highest BCUT2D eigenvalue weighted by atomic mass is 16.6. The van der Waals surface area contributed by atoms with E-state index in [0.29, 0.717) is 37.5 Å². The molecule has 1 heterocycles. The molecular formula is C16H28O6. The van der Waals surface area contributed by atoms with Gasteiger partial charge in [-0.25, -0.2) is 4.79 Å². The SMILES string of the molecule is CC(C)CCC(O)(CCC(C)C)[C@H](O)[C@H]1OC(=O)C(O)=C1O. The molecule has 6 nitrogen and oxygen atoms in total. The van der Waals surface area contributed by atoms with Crippen molar-refractivity contribution in [3.8, 4) is 0 Å². The van der Waals surface area contributed by atoms with Crippen molar-refractivity contribution < 1.29 is 30.0 Å². The maximum absolute atomic E-state index is 11.3. The minimum absolute atomic E-state index is 0.320.